The molecule has 2 N–H and O–H groups in total. The normalized spacial score (nSPS) is 13.1. The third-order valence-corrected chi connectivity index (χ3v) is 8.18. The molecule has 0 atom stereocenters. The smallest absolute Gasteiger partial charge is 0.410 e. The molecule has 0 bridgehead atoms. The summed E-state index contributed by atoms with van der Waals surface area (Å²) in [7, 11) is 3.25. The third kappa shape index (κ3) is 11.9. The average Bonchev–Trinajstić information content (AvgIpc) is 3.04. The van der Waals surface area contributed by atoms with Crippen molar-refractivity contribution < 1.29 is 23.9 Å². The van der Waals surface area contributed by atoms with Crippen LogP contribution in [0.4, 0.5) is 4.79 Å². The summed E-state index contributed by atoms with van der Waals surface area (Å²) in [5.74, 6) is 0.148. The first-order valence-electron chi connectivity index (χ1n) is 15.9. The minimum Gasteiger partial charge on any atom is -0.444 e. The van der Waals surface area contributed by atoms with Crippen LogP contribution in [0, 0.1) is 5.92 Å². The molecule has 0 radical (unpaired) electrons. The van der Waals surface area contributed by atoms with Gasteiger partial charge in [-0.3, -0.25) is 4.79 Å². The Bertz CT molecular complexity index is 1640. The summed E-state index contributed by atoms with van der Waals surface area (Å²) in [5, 5.41) is 2.21. The van der Waals surface area contributed by atoms with Crippen LogP contribution in [0.25, 0.3) is 22.2 Å². The Morgan fingerprint density at radius 3 is 2.10 bits per heavy atom. The van der Waals surface area contributed by atoms with Crippen molar-refractivity contribution >= 4 is 52.4 Å². The summed E-state index contributed by atoms with van der Waals surface area (Å²) in [6.45, 7) is 7.12. The highest BCUT2D eigenvalue weighted by atomic mass is 35.5. The molecule has 2 heterocycles. The first-order chi connectivity index (χ1) is 22.8. The van der Waals surface area contributed by atoms with Crippen LogP contribution in [0.3, 0.4) is 0 Å². The van der Waals surface area contributed by atoms with Gasteiger partial charge in [0.25, 0.3) is 0 Å². The maximum atomic E-state index is 12.0. The van der Waals surface area contributed by atoms with Crippen molar-refractivity contribution in [3.05, 3.63) is 99.5 Å². The topological polar surface area (TPSA) is 112 Å². The fraction of sp³-hybridized carbons (Fsp3) is 0.368. The first kappa shape index (κ1) is 38.5. The van der Waals surface area contributed by atoms with Crippen LogP contribution >= 0.6 is 23.2 Å². The third-order valence-electron chi connectivity index (χ3n) is 7.55. The largest absolute Gasteiger partial charge is 0.444 e. The summed E-state index contributed by atoms with van der Waals surface area (Å²) < 4.78 is 9.66. The summed E-state index contributed by atoms with van der Waals surface area (Å²) in [5.41, 5.74) is 10.0. The number of primary amides is 1. The van der Waals surface area contributed by atoms with E-state index in [1.54, 1.807) is 43.4 Å². The van der Waals surface area contributed by atoms with E-state index in [1.807, 2.05) is 63.2 Å². The maximum absolute atomic E-state index is 12.0. The minimum atomic E-state index is -0.448. The van der Waals surface area contributed by atoms with Gasteiger partial charge in [0.2, 0.25) is 5.91 Å². The van der Waals surface area contributed by atoms with E-state index in [0.29, 0.717) is 27.9 Å². The molecular weight excluding hydrogens is 649 g/mol. The molecule has 48 heavy (non-hydrogen) atoms. The predicted octanol–water partition coefficient (Wildman–Crippen LogP) is 8.58. The molecule has 1 aromatic heterocycles. The van der Waals surface area contributed by atoms with Gasteiger partial charge in [-0.15, -0.1) is 0 Å². The number of fused-ring (bicyclic) bond motifs is 1. The molecule has 1 fully saturated rings. The number of pyridine rings is 1. The summed E-state index contributed by atoms with van der Waals surface area (Å²) in [4.78, 5) is 40.0. The van der Waals surface area contributed by atoms with Crippen molar-refractivity contribution in [2.75, 3.05) is 27.3 Å². The molecule has 0 aliphatic carbocycles. The molecule has 10 heteroatoms. The lowest BCUT2D eigenvalue weighted by molar-refractivity contribution is -0.107. The number of aldehydes is 1. The number of ether oxygens (including phenoxy) is 2. The molecule has 0 spiro atoms. The number of rotatable bonds is 7. The van der Waals surface area contributed by atoms with Crippen LogP contribution in [-0.2, 0) is 27.1 Å². The molecule has 0 saturated carbocycles. The Morgan fingerprint density at radius 1 is 0.938 bits per heavy atom. The van der Waals surface area contributed by atoms with E-state index >= 15 is 0 Å². The number of likely N-dealkylation sites (tertiary alicyclic amines) is 1. The average molecular weight is 695 g/mol. The quantitative estimate of drug-likeness (QED) is 0.194. The van der Waals surface area contributed by atoms with Gasteiger partial charge >= 0.3 is 6.09 Å². The van der Waals surface area contributed by atoms with E-state index in [0.717, 1.165) is 72.8 Å². The molecule has 1 aliphatic heterocycles. The van der Waals surface area contributed by atoms with E-state index in [1.165, 1.54) is 5.56 Å². The second kappa shape index (κ2) is 18.5. The van der Waals surface area contributed by atoms with Crippen molar-refractivity contribution in [2.24, 2.45) is 11.7 Å². The van der Waals surface area contributed by atoms with Gasteiger partial charge in [-0.05, 0) is 106 Å². The monoisotopic (exact) mass is 693 g/mol. The van der Waals surface area contributed by atoms with Crippen LogP contribution in [0.2, 0.25) is 10.0 Å². The number of aryl methyl sites for hydroxylation is 1. The lowest BCUT2D eigenvalue weighted by Gasteiger charge is -2.33. The second-order valence-corrected chi connectivity index (χ2v) is 13.4. The van der Waals surface area contributed by atoms with Crippen molar-refractivity contribution in [3.63, 3.8) is 0 Å². The number of piperidine rings is 1. The van der Waals surface area contributed by atoms with Gasteiger partial charge < -0.3 is 24.9 Å². The maximum Gasteiger partial charge on any atom is 0.410 e. The summed E-state index contributed by atoms with van der Waals surface area (Å²) in [6, 6.07) is 22.8. The Morgan fingerprint density at radius 2 is 1.54 bits per heavy atom. The minimum absolute atomic E-state index is 0.221. The standard InChI is InChI=1S/C18H13Cl2NO.C18H26N2O3.C2H6O/c19-14-4-1-5-15(20)18(14)17-9-7-13-11-12(3-2-10-22)6-8-16(13)21-17;1-18(2,3)23-17(22)20-10-8-14(9-11-20)12-13-4-6-15(7-5-13)16(19)21;1-3-2/h1,4-11H,2-3H2;4-7,14H,8-12H2,1-3H3,(H2,19,21);1-2H3. The van der Waals surface area contributed by atoms with Crippen LogP contribution in [0.15, 0.2) is 72.8 Å². The van der Waals surface area contributed by atoms with Gasteiger partial charge in [-0.2, -0.15) is 0 Å². The Balaban J connectivity index is 0.000000241. The molecular formula is C38H45Cl2N3O5. The van der Waals surface area contributed by atoms with Crippen molar-refractivity contribution in [1.29, 1.82) is 0 Å². The van der Waals surface area contributed by atoms with Gasteiger partial charge in [0.1, 0.15) is 11.9 Å². The van der Waals surface area contributed by atoms with Crippen molar-refractivity contribution in [2.45, 2.75) is 58.5 Å². The molecule has 0 unspecified atom stereocenters. The van der Waals surface area contributed by atoms with Crippen LogP contribution in [0.5, 0.6) is 0 Å². The van der Waals surface area contributed by atoms with Gasteiger partial charge in [-0.1, -0.05) is 53.5 Å². The predicted molar refractivity (Wildman–Crippen MR) is 194 cm³/mol. The first-order valence-corrected chi connectivity index (χ1v) is 16.6. The van der Waals surface area contributed by atoms with E-state index in [9.17, 15) is 14.4 Å². The Kier molecular flexibility index (Phi) is 14.9. The molecule has 1 aliphatic rings. The number of halogens is 2. The molecule has 1 saturated heterocycles. The number of carbonyl (C=O) groups excluding carboxylic acids is 3. The number of hydrogen-bond acceptors (Lipinski definition) is 6. The second-order valence-electron chi connectivity index (χ2n) is 12.6. The Hall–Kier alpha value is -3.98. The van der Waals surface area contributed by atoms with Crippen LogP contribution in [0.1, 0.15) is 61.5 Å². The number of hydrogen-bond donors (Lipinski definition) is 1. The number of carbonyl (C=O) groups is 3. The van der Waals surface area contributed by atoms with Crippen LogP contribution < -0.4 is 5.73 Å². The van der Waals surface area contributed by atoms with Gasteiger partial charge in [0, 0.05) is 50.2 Å². The van der Waals surface area contributed by atoms with E-state index < -0.39 is 11.5 Å². The van der Waals surface area contributed by atoms with Crippen molar-refractivity contribution in [3.8, 4) is 11.3 Å². The summed E-state index contributed by atoms with van der Waals surface area (Å²) in [6.07, 6.45) is 4.89. The number of methoxy groups -OCH3 is 1. The molecule has 4 aromatic rings. The zero-order valence-corrected chi connectivity index (χ0v) is 29.8. The SMILES string of the molecule is CC(C)(C)OC(=O)N1CCC(Cc2ccc(C(N)=O)cc2)CC1.COC.O=CCCc1ccc2nc(-c3c(Cl)cccc3Cl)ccc2c1. The summed E-state index contributed by atoms with van der Waals surface area (Å²) >= 11 is 12.5. The number of benzene rings is 3. The van der Waals surface area contributed by atoms with Gasteiger partial charge in [0.15, 0.2) is 0 Å². The number of amides is 2. The Labute approximate surface area is 293 Å². The highest BCUT2D eigenvalue weighted by Crippen LogP contribution is 2.34. The molecule has 8 nitrogen and oxygen atoms in total. The fourth-order valence-corrected chi connectivity index (χ4v) is 5.81. The van der Waals surface area contributed by atoms with Crippen molar-refractivity contribution in [1.82, 2.24) is 9.88 Å². The van der Waals surface area contributed by atoms with E-state index in [2.05, 4.69) is 15.8 Å². The zero-order valence-electron chi connectivity index (χ0n) is 28.3. The lowest BCUT2D eigenvalue weighted by Crippen LogP contribution is -2.42. The zero-order chi connectivity index (χ0) is 35.3. The van der Waals surface area contributed by atoms with Gasteiger partial charge in [-0.25, -0.2) is 9.78 Å². The molecule has 256 valence electrons. The fourth-order valence-electron chi connectivity index (χ4n) is 5.22. The molecule has 3 aromatic carbocycles. The number of nitrogens with two attached hydrogens (primary N) is 1. The van der Waals surface area contributed by atoms with Gasteiger partial charge in [0.05, 0.1) is 21.3 Å². The number of aromatic nitrogens is 1. The highest BCUT2D eigenvalue weighted by Gasteiger charge is 2.27. The lowest BCUT2D eigenvalue weighted by atomic mass is 9.90. The molecule has 2 amide bonds. The number of nitrogens with zero attached hydrogens (tertiary/aromatic N) is 2. The van der Waals surface area contributed by atoms with E-state index in [4.69, 9.17) is 33.7 Å². The molecule has 5 rings (SSSR count). The van der Waals surface area contributed by atoms with E-state index in [-0.39, 0.29) is 6.09 Å². The van der Waals surface area contributed by atoms with Crippen LogP contribution in [-0.4, -0.2) is 61.1 Å². The highest BCUT2D eigenvalue weighted by molar-refractivity contribution is 6.39.